The van der Waals surface area contributed by atoms with E-state index < -0.39 is 0 Å². The highest BCUT2D eigenvalue weighted by Crippen LogP contribution is 2.46. The van der Waals surface area contributed by atoms with E-state index in [0.717, 1.165) is 11.1 Å². The van der Waals surface area contributed by atoms with Gasteiger partial charge in [0.1, 0.15) is 11.5 Å². The molecule has 0 unspecified atom stereocenters. The second-order valence-electron chi connectivity index (χ2n) is 4.12. The summed E-state index contributed by atoms with van der Waals surface area (Å²) in [6, 6.07) is 5.09. The summed E-state index contributed by atoms with van der Waals surface area (Å²) in [7, 11) is 0. The van der Waals surface area contributed by atoms with Gasteiger partial charge >= 0.3 is 0 Å². The van der Waals surface area contributed by atoms with Crippen LogP contribution in [0.3, 0.4) is 0 Å². The van der Waals surface area contributed by atoms with Crippen LogP contribution in [0.25, 0.3) is 0 Å². The van der Waals surface area contributed by atoms with Gasteiger partial charge in [-0.1, -0.05) is 58.0 Å². The Morgan fingerprint density at radius 3 is 2.11 bits per heavy atom. The molecule has 2 aromatic carbocycles. The number of rotatable bonds is 0. The van der Waals surface area contributed by atoms with E-state index in [4.69, 9.17) is 62.7 Å². The fourth-order valence-electron chi connectivity index (χ4n) is 1.98. The predicted molar refractivity (Wildman–Crippen MR) is 80.8 cm³/mol. The molecular formula is C13H5Cl5O. The van der Waals surface area contributed by atoms with E-state index in [1.54, 1.807) is 18.2 Å². The second-order valence-corrected chi connectivity index (χ2v) is 6.09. The van der Waals surface area contributed by atoms with Crippen molar-refractivity contribution in [2.24, 2.45) is 0 Å². The molecule has 0 amide bonds. The third-order valence-electron chi connectivity index (χ3n) is 2.91. The van der Waals surface area contributed by atoms with Gasteiger partial charge in [0.25, 0.3) is 0 Å². The van der Waals surface area contributed by atoms with Gasteiger partial charge in [-0.3, -0.25) is 0 Å². The molecule has 0 atom stereocenters. The monoisotopic (exact) mass is 352 g/mol. The molecule has 1 aliphatic rings. The Morgan fingerprint density at radius 1 is 0.737 bits per heavy atom. The fraction of sp³-hybridized carbons (Fsp3) is 0.0769. The molecular weight excluding hydrogens is 349 g/mol. The van der Waals surface area contributed by atoms with E-state index in [1.165, 1.54) is 0 Å². The molecule has 0 radical (unpaired) electrons. The Morgan fingerprint density at radius 2 is 1.37 bits per heavy atom. The summed E-state index contributed by atoms with van der Waals surface area (Å²) in [5.41, 5.74) is 1.70. The maximum absolute atomic E-state index is 6.20. The third kappa shape index (κ3) is 2.28. The SMILES string of the molecule is Clc1cc2c(cc1Cl)Oc1cc(Cl)c(Cl)c(Cl)c1C2. The summed E-state index contributed by atoms with van der Waals surface area (Å²) < 4.78 is 5.76. The quantitative estimate of drug-likeness (QED) is 0.411. The molecule has 6 heteroatoms. The first-order chi connectivity index (χ1) is 8.97. The first-order valence-corrected chi connectivity index (χ1v) is 7.18. The summed E-state index contributed by atoms with van der Waals surface area (Å²) >= 11 is 30.2. The molecule has 0 aliphatic carbocycles. The van der Waals surface area contributed by atoms with Gasteiger partial charge in [-0.2, -0.15) is 0 Å². The number of benzene rings is 2. The molecule has 98 valence electrons. The van der Waals surface area contributed by atoms with Crippen LogP contribution in [0.2, 0.25) is 25.1 Å². The van der Waals surface area contributed by atoms with Gasteiger partial charge in [0.15, 0.2) is 0 Å². The van der Waals surface area contributed by atoms with Crippen molar-refractivity contribution in [1.29, 1.82) is 0 Å². The van der Waals surface area contributed by atoms with Gasteiger partial charge in [0.05, 0.1) is 25.1 Å². The van der Waals surface area contributed by atoms with Crippen molar-refractivity contribution in [2.75, 3.05) is 0 Å². The van der Waals surface area contributed by atoms with Crippen LogP contribution >= 0.6 is 58.0 Å². The Hall–Kier alpha value is -0.310. The van der Waals surface area contributed by atoms with Gasteiger partial charge in [-0.05, 0) is 6.07 Å². The number of hydrogen-bond acceptors (Lipinski definition) is 1. The van der Waals surface area contributed by atoms with Crippen molar-refractivity contribution in [3.8, 4) is 11.5 Å². The van der Waals surface area contributed by atoms with E-state index in [2.05, 4.69) is 0 Å². The molecule has 1 nitrogen and oxygen atoms in total. The van der Waals surface area contributed by atoms with E-state index in [1.807, 2.05) is 0 Å². The highest BCUT2D eigenvalue weighted by molar-refractivity contribution is 6.48. The van der Waals surface area contributed by atoms with E-state index in [9.17, 15) is 0 Å². The average Bonchev–Trinajstić information content (AvgIpc) is 2.37. The summed E-state index contributed by atoms with van der Waals surface area (Å²) in [5.74, 6) is 1.24. The Labute approximate surface area is 134 Å². The fourth-order valence-corrected chi connectivity index (χ4v) is 2.99. The van der Waals surface area contributed by atoms with E-state index >= 15 is 0 Å². The van der Waals surface area contributed by atoms with Gasteiger partial charge in [-0.15, -0.1) is 0 Å². The second kappa shape index (κ2) is 4.91. The van der Waals surface area contributed by atoms with Crippen LogP contribution in [-0.4, -0.2) is 0 Å². The van der Waals surface area contributed by atoms with Gasteiger partial charge in [-0.25, -0.2) is 0 Å². The zero-order chi connectivity index (χ0) is 13.7. The van der Waals surface area contributed by atoms with Crippen molar-refractivity contribution >= 4 is 58.0 Å². The van der Waals surface area contributed by atoms with Gasteiger partial charge in [0, 0.05) is 29.7 Å². The molecule has 0 N–H and O–H groups in total. The largest absolute Gasteiger partial charge is 0.457 e. The van der Waals surface area contributed by atoms with Crippen LogP contribution in [0.15, 0.2) is 18.2 Å². The highest BCUT2D eigenvalue weighted by Gasteiger charge is 2.23. The molecule has 0 bridgehead atoms. The van der Waals surface area contributed by atoms with Crippen LogP contribution < -0.4 is 4.74 Å². The molecule has 0 saturated carbocycles. The first-order valence-electron chi connectivity index (χ1n) is 5.29. The molecule has 3 rings (SSSR count). The highest BCUT2D eigenvalue weighted by atomic mass is 35.5. The van der Waals surface area contributed by atoms with Gasteiger partial charge < -0.3 is 4.74 Å². The predicted octanol–water partition coefficient (Wildman–Crippen LogP) is 6.65. The molecule has 0 spiro atoms. The summed E-state index contributed by atoms with van der Waals surface area (Å²) in [6.07, 6.45) is 0.567. The van der Waals surface area contributed by atoms with Crippen LogP contribution in [0.4, 0.5) is 0 Å². The Bertz CT molecular complexity index is 696. The van der Waals surface area contributed by atoms with Crippen LogP contribution in [0.5, 0.6) is 11.5 Å². The Balaban J connectivity index is 2.17. The first kappa shape index (κ1) is 13.7. The molecule has 2 aromatic rings. The molecule has 1 heterocycles. The maximum Gasteiger partial charge on any atom is 0.134 e. The topological polar surface area (TPSA) is 9.23 Å². The average molecular weight is 354 g/mol. The normalized spacial score (nSPS) is 12.7. The standard InChI is InChI=1S/C13H5Cl5O/c14-7-2-5-1-6-11(19-10(5)3-8(7)15)4-9(16)13(18)12(6)17/h2-4H,1H2. The minimum Gasteiger partial charge on any atom is -0.457 e. The van der Waals surface area contributed by atoms with Crippen LogP contribution in [0.1, 0.15) is 11.1 Å². The number of hydrogen-bond donors (Lipinski definition) is 0. The third-order valence-corrected chi connectivity index (χ3v) is 4.94. The lowest BCUT2D eigenvalue weighted by atomic mass is 10.0. The number of ether oxygens (including phenoxy) is 1. The van der Waals surface area contributed by atoms with Crippen molar-refractivity contribution in [1.82, 2.24) is 0 Å². The van der Waals surface area contributed by atoms with Crippen LogP contribution in [-0.2, 0) is 6.42 Å². The minimum absolute atomic E-state index is 0.328. The molecule has 19 heavy (non-hydrogen) atoms. The maximum atomic E-state index is 6.20. The summed E-state index contributed by atoms with van der Waals surface area (Å²) in [4.78, 5) is 0. The zero-order valence-corrected chi connectivity index (χ0v) is 13.0. The van der Waals surface area contributed by atoms with Crippen molar-refractivity contribution in [3.63, 3.8) is 0 Å². The van der Waals surface area contributed by atoms with E-state index in [0.29, 0.717) is 43.0 Å². The van der Waals surface area contributed by atoms with Gasteiger partial charge in [0.2, 0.25) is 0 Å². The van der Waals surface area contributed by atoms with E-state index in [-0.39, 0.29) is 0 Å². The molecule has 0 saturated heterocycles. The van der Waals surface area contributed by atoms with Crippen LogP contribution in [0, 0.1) is 0 Å². The lowest BCUT2D eigenvalue weighted by Gasteiger charge is -2.22. The van der Waals surface area contributed by atoms with Crippen molar-refractivity contribution in [3.05, 3.63) is 54.4 Å². The summed E-state index contributed by atoms with van der Waals surface area (Å²) in [6.45, 7) is 0. The minimum atomic E-state index is 0.328. The molecule has 0 fully saturated rings. The smallest absolute Gasteiger partial charge is 0.134 e. The summed E-state index contributed by atoms with van der Waals surface area (Å²) in [5, 5.41) is 2.00. The molecule has 0 aromatic heterocycles. The lowest BCUT2D eigenvalue weighted by Crippen LogP contribution is -2.04. The number of fused-ring (bicyclic) bond motifs is 2. The van der Waals surface area contributed by atoms with Crippen molar-refractivity contribution in [2.45, 2.75) is 6.42 Å². The van der Waals surface area contributed by atoms with Crippen molar-refractivity contribution < 1.29 is 4.74 Å². The lowest BCUT2D eigenvalue weighted by molar-refractivity contribution is 0.460. The Kier molecular flexibility index (Phi) is 3.53. The molecule has 1 aliphatic heterocycles. The number of halogens is 5. The zero-order valence-electron chi connectivity index (χ0n) is 9.24.